The van der Waals surface area contributed by atoms with Crippen LogP contribution in [-0.2, 0) is 6.42 Å². The second-order valence-electron chi connectivity index (χ2n) is 9.95. The molecule has 39 heavy (non-hydrogen) atoms. The Morgan fingerprint density at radius 3 is 2.56 bits per heavy atom. The number of halogens is 2. The number of benzene rings is 1. The summed E-state index contributed by atoms with van der Waals surface area (Å²) >= 11 is 0. The number of terminal acetylenes is 1. The molecular weight excluding hydrogens is 506 g/mol. The predicted molar refractivity (Wildman–Crippen MR) is 141 cm³/mol. The van der Waals surface area contributed by atoms with Crippen molar-refractivity contribution in [2.24, 2.45) is 11.8 Å². The summed E-state index contributed by atoms with van der Waals surface area (Å²) in [7, 11) is 0. The Morgan fingerprint density at radius 2 is 1.92 bits per heavy atom. The van der Waals surface area contributed by atoms with Crippen LogP contribution in [0.5, 0.6) is 5.75 Å². The maximum atomic E-state index is 14.3. The fourth-order valence-electron chi connectivity index (χ4n) is 4.46. The summed E-state index contributed by atoms with van der Waals surface area (Å²) in [5, 5.41) is 6.28. The summed E-state index contributed by atoms with van der Waals surface area (Å²) in [6.07, 6.45) is 12.9. The summed E-state index contributed by atoms with van der Waals surface area (Å²) in [6.45, 7) is 6.07. The number of carbonyl (C=O) groups excluding carboxylic acids is 1. The highest BCUT2D eigenvalue weighted by Crippen LogP contribution is 2.26. The number of hydrogen-bond donors (Lipinski definition) is 1. The molecule has 1 fully saturated rings. The normalized spacial score (nSPS) is 13.9. The second kappa shape index (κ2) is 13.1. The Hall–Kier alpha value is -4.07. The third-order valence-electron chi connectivity index (χ3n) is 6.46. The molecule has 0 aliphatic carbocycles. The maximum absolute atomic E-state index is 14.3. The van der Waals surface area contributed by atoms with Crippen molar-refractivity contribution in [1.82, 2.24) is 25.4 Å². The summed E-state index contributed by atoms with van der Waals surface area (Å²) < 4.78 is 39.4. The van der Waals surface area contributed by atoms with E-state index in [9.17, 15) is 13.6 Å². The monoisotopic (exact) mass is 538 g/mol. The number of carbonyl (C=O) groups is 1. The molecule has 1 N–H and O–H groups in total. The molecule has 1 amide bonds. The van der Waals surface area contributed by atoms with Crippen molar-refractivity contribution in [3.8, 4) is 29.5 Å². The summed E-state index contributed by atoms with van der Waals surface area (Å²) in [5.41, 5.74) is 0.0440. The van der Waals surface area contributed by atoms with Crippen LogP contribution in [-0.4, -0.2) is 52.3 Å². The molecule has 9 nitrogen and oxygen atoms in total. The lowest BCUT2D eigenvalue weighted by atomic mass is 9.92. The fourth-order valence-corrected chi connectivity index (χ4v) is 4.46. The predicted octanol–water partition coefficient (Wildman–Crippen LogP) is 4.44. The van der Waals surface area contributed by atoms with Crippen LogP contribution in [0.1, 0.15) is 55.8 Å². The first-order valence-corrected chi connectivity index (χ1v) is 13.1. The summed E-state index contributed by atoms with van der Waals surface area (Å²) in [5.74, 6) is 2.07. The minimum atomic E-state index is -0.990. The van der Waals surface area contributed by atoms with Gasteiger partial charge >= 0.3 is 0 Å². The number of anilines is 1. The lowest BCUT2D eigenvalue weighted by Crippen LogP contribution is -2.34. The van der Waals surface area contributed by atoms with Gasteiger partial charge in [0.1, 0.15) is 22.9 Å². The van der Waals surface area contributed by atoms with Crippen LogP contribution in [0.2, 0.25) is 0 Å². The van der Waals surface area contributed by atoms with E-state index in [2.05, 4.69) is 50.1 Å². The van der Waals surface area contributed by atoms with Crippen LogP contribution in [0, 0.1) is 35.8 Å². The van der Waals surface area contributed by atoms with Crippen molar-refractivity contribution in [2.45, 2.75) is 46.0 Å². The molecule has 0 radical (unpaired) electrons. The Labute approximate surface area is 226 Å². The molecule has 0 unspecified atom stereocenters. The third kappa shape index (κ3) is 7.50. The lowest BCUT2D eigenvalue weighted by molar-refractivity contribution is 0.0950. The van der Waals surface area contributed by atoms with Crippen molar-refractivity contribution >= 4 is 11.9 Å². The molecule has 3 heterocycles. The van der Waals surface area contributed by atoms with E-state index in [-0.39, 0.29) is 12.3 Å². The molecule has 11 heteroatoms. The van der Waals surface area contributed by atoms with Crippen LogP contribution >= 0.6 is 0 Å². The van der Waals surface area contributed by atoms with Gasteiger partial charge in [-0.3, -0.25) is 4.79 Å². The highest BCUT2D eigenvalue weighted by Gasteiger charge is 2.22. The molecular formula is C28H32F2N6O3. The summed E-state index contributed by atoms with van der Waals surface area (Å²) in [4.78, 5) is 27.4. The molecule has 1 aliphatic rings. The minimum absolute atomic E-state index is 0.0471. The lowest BCUT2D eigenvalue weighted by Gasteiger charge is -2.32. The Balaban J connectivity index is 1.19. The van der Waals surface area contributed by atoms with Gasteiger partial charge in [0.2, 0.25) is 17.7 Å². The van der Waals surface area contributed by atoms with Crippen LogP contribution in [0.4, 0.5) is 14.7 Å². The van der Waals surface area contributed by atoms with Gasteiger partial charge in [-0.2, -0.15) is 4.98 Å². The van der Waals surface area contributed by atoms with Gasteiger partial charge in [0.15, 0.2) is 0 Å². The molecule has 1 aromatic carbocycles. The van der Waals surface area contributed by atoms with E-state index in [1.165, 1.54) is 0 Å². The van der Waals surface area contributed by atoms with Crippen molar-refractivity contribution < 1.29 is 22.8 Å². The second-order valence-corrected chi connectivity index (χ2v) is 9.95. The number of aromatic nitrogens is 4. The first kappa shape index (κ1) is 28.0. The van der Waals surface area contributed by atoms with E-state index in [0.29, 0.717) is 41.7 Å². The number of ether oxygens (including phenoxy) is 1. The highest BCUT2D eigenvalue weighted by molar-refractivity contribution is 5.95. The van der Waals surface area contributed by atoms with Crippen LogP contribution in [0.15, 0.2) is 29.0 Å². The molecule has 1 aliphatic heterocycles. The van der Waals surface area contributed by atoms with Crippen molar-refractivity contribution in [3.63, 3.8) is 0 Å². The zero-order valence-corrected chi connectivity index (χ0v) is 22.1. The Bertz CT molecular complexity index is 1270. The molecule has 0 saturated carbocycles. The third-order valence-corrected chi connectivity index (χ3v) is 6.46. The van der Waals surface area contributed by atoms with Crippen LogP contribution < -0.4 is 15.0 Å². The maximum Gasteiger partial charge on any atom is 0.258 e. The molecule has 4 rings (SSSR count). The molecule has 206 valence electrons. The Kier molecular flexibility index (Phi) is 9.41. The van der Waals surface area contributed by atoms with Gasteiger partial charge in [0, 0.05) is 44.0 Å². The average Bonchev–Trinajstić information content (AvgIpc) is 3.38. The molecule has 0 spiro atoms. The summed E-state index contributed by atoms with van der Waals surface area (Å²) in [6, 6.07) is 2.03. The van der Waals surface area contributed by atoms with Crippen molar-refractivity contribution in [1.29, 1.82) is 0 Å². The number of nitrogens with one attached hydrogen (secondary N) is 1. The molecule has 1 saturated heterocycles. The fraction of sp³-hybridized carbons (Fsp3) is 0.464. The number of amides is 1. The van der Waals surface area contributed by atoms with Crippen molar-refractivity contribution in [3.05, 3.63) is 47.6 Å². The number of piperidine rings is 1. The van der Waals surface area contributed by atoms with Crippen LogP contribution in [0.25, 0.3) is 11.4 Å². The van der Waals surface area contributed by atoms with Gasteiger partial charge < -0.3 is 19.5 Å². The van der Waals surface area contributed by atoms with E-state index in [0.717, 1.165) is 57.3 Å². The van der Waals surface area contributed by atoms with E-state index in [1.54, 1.807) is 12.4 Å². The first-order chi connectivity index (χ1) is 18.8. The van der Waals surface area contributed by atoms with Gasteiger partial charge in [-0.15, -0.1) is 6.42 Å². The number of nitrogens with zero attached hydrogens (tertiary/aromatic N) is 5. The molecule has 2 aromatic heterocycles. The minimum Gasteiger partial charge on any atom is -0.493 e. The van der Waals surface area contributed by atoms with E-state index in [4.69, 9.17) is 15.7 Å². The van der Waals surface area contributed by atoms with Gasteiger partial charge in [-0.05, 0) is 37.5 Å². The van der Waals surface area contributed by atoms with E-state index >= 15 is 0 Å². The average molecular weight is 539 g/mol. The van der Waals surface area contributed by atoms with E-state index in [1.807, 2.05) is 0 Å². The smallest absolute Gasteiger partial charge is 0.258 e. The van der Waals surface area contributed by atoms with Gasteiger partial charge in [0.05, 0.1) is 18.7 Å². The largest absolute Gasteiger partial charge is 0.493 e. The number of rotatable bonds is 11. The molecule has 3 aromatic rings. The zero-order chi connectivity index (χ0) is 27.8. The van der Waals surface area contributed by atoms with Crippen molar-refractivity contribution in [2.75, 3.05) is 31.1 Å². The van der Waals surface area contributed by atoms with Crippen LogP contribution in [0.3, 0.4) is 0 Å². The zero-order valence-electron chi connectivity index (χ0n) is 22.1. The SMILES string of the molecule is C#CCNC(=O)c1c(F)cc(OCCCC2CCN(c3ncc(-c4noc(CC(C)C)n4)cn3)CC2)cc1F. The standard InChI is InChI=1S/C28H32F2N6O3/c1-4-9-31-27(37)25-22(29)14-21(15-23(25)30)38-12-5-6-19-7-10-36(11-8-19)28-32-16-20(17-33-28)26-34-24(39-35-26)13-18(2)3/h1,14-19H,5-13H2,2-3H3,(H,31,37). The topological polar surface area (TPSA) is 106 Å². The Morgan fingerprint density at radius 1 is 1.23 bits per heavy atom. The number of hydrogen-bond acceptors (Lipinski definition) is 8. The van der Waals surface area contributed by atoms with Gasteiger partial charge in [-0.25, -0.2) is 18.7 Å². The van der Waals surface area contributed by atoms with Gasteiger partial charge in [0.25, 0.3) is 5.91 Å². The first-order valence-electron chi connectivity index (χ1n) is 13.1. The highest BCUT2D eigenvalue weighted by atomic mass is 19.1. The quantitative estimate of drug-likeness (QED) is 0.282. The molecule has 0 bridgehead atoms. The van der Waals surface area contributed by atoms with Gasteiger partial charge in [-0.1, -0.05) is 24.9 Å². The molecule has 0 atom stereocenters. The van der Waals surface area contributed by atoms with E-state index < -0.39 is 23.1 Å².